The third-order valence-electron chi connectivity index (χ3n) is 2.31. The molecule has 0 unspecified atom stereocenters. The normalized spacial score (nSPS) is 9.89. The highest BCUT2D eigenvalue weighted by Crippen LogP contribution is 2.21. The van der Waals surface area contributed by atoms with Crippen molar-refractivity contribution in [2.24, 2.45) is 0 Å². The summed E-state index contributed by atoms with van der Waals surface area (Å²) in [6.45, 7) is 1.80. The Labute approximate surface area is 109 Å². The minimum atomic E-state index is -0.379. The van der Waals surface area contributed by atoms with Crippen LogP contribution in [0.5, 0.6) is 0 Å². The molecule has 1 aromatic carbocycles. The molecule has 1 N–H and O–H groups in total. The SMILES string of the molecule is Cc1ccc(Nc2cc(C#N)cc(Cl)n2)c(F)c1. The summed E-state index contributed by atoms with van der Waals surface area (Å²) in [5.74, 6) is -0.0444. The fourth-order valence-electron chi connectivity index (χ4n) is 1.48. The van der Waals surface area contributed by atoms with Crippen LogP contribution < -0.4 is 5.32 Å². The number of nitriles is 1. The fourth-order valence-corrected chi connectivity index (χ4v) is 1.69. The van der Waals surface area contributed by atoms with Crippen molar-refractivity contribution in [1.82, 2.24) is 4.98 Å². The molecule has 0 spiro atoms. The number of aryl methyl sites for hydroxylation is 1. The molecule has 2 aromatic rings. The van der Waals surface area contributed by atoms with Gasteiger partial charge in [0.25, 0.3) is 0 Å². The van der Waals surface area contributed by atoms with Crippen LogP contribution in [-0.2, 0) is 0 Å². The Morgan fingerprint density at radius 3 is 2.78 bits per heavy atom. The van der Waals surface area contributed by atoms with E-state index < -0.39 is 0 Å². The minimum Gasteiger partial charge on any atom is -0.338 e. The van der Waals surface area contributed by atoms with Crippen LogP contribution in [-0.4, -0.2) is 4.98 Å². The molecule has 1 aromatic heterocycles. The van der Waals surface area contributed by atoms with Gasteiger partial charge in [-0.3, -0.25) is 0 Å². The van der Waals surface area contributed by atoms with Crippen molar-refractivity contribution in [3.63, 3.8) is 0 Å². The van der Waals surface area contributed by atoms with Crippen molar-refractivity contribution >= 4 is 23.1 Å². The lowest BCUT2D eigenvalue weighted by molar-refractivity contribution is 0.630. The number of halogens is 2. The van der Waals surface area contributed by atoms with Crippen molar-refractivity contribution < 1.29 is 4.39 Å². The maximum absolute atomic E-state index is 13.6. The van der Waals surface area contributed by atoms with Crippen molar-refractivity contribution in [1.29, 1.82) is 5.26 Å². The zero-order valence-corrected chi connectivity index (χ0v) is 10.3. The Morgan fingerprint density at radius 2 is 2.11 bits per heavy atom. The average Bonchev–Trinajstić information content (AvgIpc) is 2.32. The molecule has 0 radical (unpaired) electrons. The van der Waals surface area contributed by atoms with Crippen molar-refractivity contribution in [2.75, 3.05) is 5.32 Å². The zero-order valence-electron chi connectivity index (χ0n) is 9.54. The van der Waals surface area contributed by atoms with E-state index >= 15 is 0 Å². The number of anilines is 2. The molecule has 0 bridgehead atoms. The van der Waals surface area contributed by atoms with Crippen molar-refractivity contribution in [3.05, 3.63) is 52.4 Å². The van der Waals surface area contributed by atoms with E-state index in [1.807, 2.05) is 6.07 Å². The van der Waals surface area contributed by atoms with Gasteiger partial charge in [0, 0.05) is 0 Å². The van der Waals surface area contributed by atoms with E-state index in [9.17, 15) is 4.39 Å². The molecular formula is C13H9ClFN3. The lowest BCUT2D eigenvalue weighted by Gasteiger charge is -2.08. The van der Waals surface area contributed by atoms with E-state index in [-0.39, 0.29) is 11.0 Å². The molecule has 3 nitrogen and oxygen atoms in total. The third-order valence-corrected chi connectivity index (χ3v) is 2.50. The van der Waals surface area contributed by atoms with Gasteiger partial charge in [0.2, 0.25) is 0 Å². The summed E-state index contributed by atoms with van der Waals surface area (Å²) in [6.07, 6.45) is 0. The molecule has 0 saturated heterocycles. The van der Waals surface area contributed by atoms with Gasteiger partial charge in [-0.1, -0.05) is 17.7 Å². The summed E-state index contributed by atoms with van der Waals surface area (Å²) in [5.41, 5.74) is 1.49. The van der Waals surface area contributed by atoms with Crippen LogP contribution >= 0.6 is 11.6 Å². The summed E-state index contributed by atoms with van der Waals surface area (Å²) < 4.78 is 13.6. The first-order valence-corrected chi connectivity index (χ1v) is 5.57. The van der Waals surface area contributed by atoms with Crippen LogP contribution in [0, 0.1) is 24.1 Å². The van der Waals surface area contributed by atoms with Gasteiger partial charge in [0.05, 0.1) is 17.3 Å². The largest absolute Gasteiger partial charge is 0.338 e. The number of hydrogen-bond donors (Lipinski definition) is 1. The van der Waals surface area contributed by atoms with Gasteiger partial charge in [-0.2, -0.15) is 5.26 Å². The maximum atomic E-state index is 13.6. The second-order valence-corrected chi connectivity index (χ2v) is 4.17. The van der Waals surface area contributed by atoms with Crippen LogP contribution in [0.15, 0.2) is 30.3 Å². The molecule has 0 aliphatic rings. The summed E-state index contributed by atoms with van der Waals surface area (Å²) in [6, 6.07) is 9.71. The van der Waals surface area contributed by atoms with Gasteiger partial charge < -0.3 is 5.32 Å². The summed E-state index contributed by atoms with van der Waals surface area (Å²) in [7, 11) is 0. The first-order valence-electron chi connectivity index (χ1n) is 5.19. The minimum absolute atomic E-state index is 0.184. The van der Waals surface area contributed by atoms with Gasteiger partial charge in [0.1, 0.15) is 16.8 Å². The monoisotopic (exact) mass is 261 g/mol. The number of rotatable bonds is 2. The number of nitrogens with one attached hydrogen (secondary N) is 1. The standard InChI is InChI=1S/C13H9ClFN3/c1-8-2-3-11(10(15)4-8)17-13-6-9(7-16)5-12(14)18-13/h2-6H,1H3,(H,17,18). The highest BCUT2D eigenvalue weighted by molar-refractivity contribution is 6.29. The number of aromatic nitrogens is 1. The molecular weight excluding hydrogens is 253 g/mol. The Kier molecular flexibility index (Phi) is 3.45. The first-order chi connectivity index (χ1) is 8.58. The Hall–Kier alpha value is -2.12. The Balaban J connectivity index is 2.34. The predicted octanol–water partition coefficient (Wildman–Crippen LogP) is 3.80. The molecule has 90 valence electrons. The van der Waals surface area contributed by atoms with Gasteiger partial charge in [-0.25, -0.2) is 9.37 Å². The van der Waals surface area contributed by atoms with E-state index in [0.717, 1.165) is 5.56 Å². The number of nitrogens with zero attached hydrogens (tertiary/aromatic N) is 2. The molecule has 0 aliphatic heterocycles. The average molecular weight is 262 g/mol. The number of pyridine rings is 1. The van der Waals surface area contributed by atoms with Crippen LogP contribution in [0.25, 0.3) is 0 Å². The van der Waals surface area contributed by atoms with E-state index in [1.54, 1.807) is 19.1 Å². The van der Waals surface area contributed by atoms with Gasteiger partial charge in [-0.05, 0) is 36.8 Å². The molecule has 18 heavy (non-hydrogen) atoms. The molecule has 5 heteroatoms. The van der Waals surface area contributed by atoms with Crippen molar-refractivity contribution in [2.45, 2.75) is 6.92 Å². The Bertz CT molecular complexity index is 635. The lowest BCUT2D eigenvalue weighted by atomic mass is 10.2. The molecule has 0 fully saturated rings. The molecule has 1 heterocycles. The second-order valence-electron chi connectivity index (χ2n) is 3.78. The van der Waals surface area contributed by atoms with Crippen LogP contribution in [0.2, 0.25) is 5.15 Å². The van der Waals surface area contributed by atoms with E-state index in [4.69, 9.17) is 16.9 Å². The van der Waals surface area contributed by atoms with Crippen molar-refractivity contribution in [3.8, 4) is 6.07 Å². The predicted molar refractivity (Wildman–Crippen MR) is 68.4 cm³/mol. The first kappa shape index (κ1) is 12.3. The summed E-state index contributed by atoms with van der Waals surface area (Å²) in [5, 5.41) is 11.8. The highest BCUT2D eigenvalue weighted by atomic mass is 35.5. The van der Waals surface area contributed by atoms with Gasteiger partial charge in [0.15, 0.2) is 0 Å². The Morgan fingerprint density at radius 1 is 1.33 bits per heavy atom. The zero-order chi connectivity index (χ0) is 13.1. The van der Waals surface area contributed by atoms with Crippen LogP contribution in [0.4, 0.5) is 15.9 Å². The maximum Gasteiger partial charge on any atom is 0.146 e. The topological polar surface area (TPSA) is 48.7 Å². The third kappa shape index (κ3) is 2.76. The molecule has 0 amide bonds. The second kappa shape index (κ2) is 5.03. The highest BCUT2D eigenvalue weighted by Gasteiger charge is 2.05. The van der Waals surface area contributed by atoms with E-state index in [1.165, 1.54) is 18.2 Å². The molecule has 2 rings (SSSR count). The summed E-state index contributed by atoms with van der Waals surface area (Å²) >= 11 is 5.76. The fraction of sp³-hybridized carbons (Fsp3) is 0.0769. The van der Waals surface area contributed by atoms with Crippen LogP contribution in [0.1, 0.15) is 11.1 Å². The molecule has 0 saturated carbocycles. The van der Waals surface area contributed by atoms with E-state index in [0.29, 0.717) is 17.1 Å². The quantitative estimate of drug-likeness (QED) is 0.837. The smallest absolute Gasteiger partial charge is 0.146 e. The van der Waals surface area contributed by atoms with Gasteiger partial charge >= 0.3 is 0 Å². The number of benzene rings is 1. The molecule has 0 atom stereocenters. The van der Waals surface area contributed by atoms with Crippen LogP contribution in [0.3, 0.4) is 0 Å². The lowest BCUT2D eigenvalue weighted by Crippen LogP contribution is -1.97. The van der Waals surface area contributed by atoms with E-state index in [2.05, 4.69) is 10.3 Å². The van der Waals surface area contributed by atoms with Gasteiger partial charge in [-0.15, -0.1) is 0 Å². The summed E-state index contributed by atoms with van der Waals surface area (Å²) in [4.78, 5) is 3.98. The number of hydrogen-bond acceptors (Lipinski definition) is 3. The molecule has 0 aliphatic carbocycles.